The van der Waals surface area contributed by atoms with Crippen molar-refractivity contribution in [2.75, 3.05) is 17.2 Å². The Bertz CT molecular complexity index is 1500. The number of aromatic nitrogens is 5. The lowest BCUT2D eigenvalue weighted by atomic mass is 9.81. The van der Waals surface area contributed by atoms with Gasteiger partial charge in [0.05, 0.1) is 5.56 Å². The Morgan fingerprint density at radius 2 is 2.05 bits per heavy atom. The number of hydrogen-bond acceptors (Lipinski definition) is 8. The summed E-state index contributed by atoms with van der Waals surface area (Å²) >= 11 is 1.24. The molecule has 0 bridgehead atoms. The number of halogens is 5. The molecule has 17 heteroatoms. The molecule has 2 amide bonds. The second-order valence-electron chi connectivity index (χ2n) is 10.8. The van der Waals surface area contributed by atoms with Gasteiger partial charge in [0.1, 0.15) is 23.3 Å². The van der Waals surface area contributed by atoms with Gasteiger partial charge in [0, 0.05) is 55.3 Å². The molecule has 0 radical (unpaired) electrons. The van der Waals surface area contributed by atoms with Crippen molar-refractivity contribution < 1.29 is 36.3 Å². The molecule has 0 spiro atoms. The number of nitrogens with one attached hydrogen (secondary N) is 3. The monoisotopic (exact) mass is 614 g/mol. The summed E-state index contributed by atoms with van der Waals surface area (Å²) in [5.74, 6) is -4.64. The van der Waals surface area contributed by atoms with E-state index in [-0.39, 0.29) is 34.9 Å². The molecule has 2 saturated carbocycles. The summed E-state index contributed by atoms with van der Waals surface area (Å²) in [5.41, 5.74) is 0.946. The van der Waals surface area contributed by atoms with Crippen molar-refractivity contribution in [2.24, 2.45) is 18.9 Å². The highest BCUT2D eigenvalue weighted by atomic mass is 32.1. The van der Waals surface area contributed by atoms with Crippen molar-refractivity contribution in [2.45, 2.75) is 63.3 Å². The minimum atomic E-state index is -3.03. The number of carbonyl (C=O) groups is 2. The molecule has 42 heavy (non-hydrogen) atoms. The lowest BCUT2D eigenvalue weighted by molar-refractivity contribution is -0.145. The lowest BCUT2D eigenvalue weighted by Gasteiger charge is -2.33. The van der Waals surface area contributed by atoms with E-state index in [0.29, 0.717) is 43.0 Å². The van der Waals surface area contributed by atoms with Crippen molar-refractivity contribution >= 4 is 39.9 Å². The molecule has 3 aromatic heterocycles. The van der Waals surface area contributed by atoms with Crippen molar-refractivity contribution in [1.29, 1.82) is 0 Å². The Hall–Kier alpha value is -3.76. The number of rotatable bonds is 10. The molecule has 3 heterocycles. The predicted molar refractivity (Wildman–Crippen MR) is 140 cm³/mol. The summed E-state index contributed by atoms with van der Waals surface area (Å²) in [6.45, 7) is -2.88. The van der Waals surface area contributed by atoms with Crippen LogP contribution < -0.4 is 20.7 Å². The zero-order valence-corrected chi connectivity index (χ0v) is 23.1. The largest absolute Gasteiger partial charge is 0.415 e. The van der Waals surface area contributed by atoms with Crippen LogP contribution in [0.5, 0.6) is 5.88 Å². The lowest BCUT2D eigenvalue weighted by Crippen LogP contribution is -2.42. The van der Waals surface area contributed by atoms with E-state index in [1.807, 2.05) is 0 Å². The predicted octanol–water partition coefficient (Wildman–Crippen LogP) is 4.22. The van der Waals surface area contributed by atoms with E-state index in [2.05, 4.69) is 36.0 Å². The molecule has 3 aliphatic rings. The third-order valence-electron chi connectivity index (χ3n) is 7.79. The first-order valence-electron chi connectivity index (χ1n) is 13.4. The Kier molecular flexibility index (Phi) is 7.31. The van der Waals surface area contributed by atoms with Crippen LogP contribution >= 0.6 is 11.3 Å². The van der Waals surface area contributed by atoms with Crippen molar-refractivity contribution in [3.8, 4) is 5.88 Å². The maximum absolute atomic E-state index is 13.4. The van der Waals surface area contributed by atoms with Gasteiger partial charge in [0.15, 0.2) is 0 Å². The first-order chi connectivity index (χ1) is 20.0. The van der Waals surface area contributed by atoms with E-state index < -0.39 is 49.3 Å². The Morgan fingerprint density at radius 1 is 1.29 bits per heavy atom. The van der Waals surface area contributed by atoms with Gasteiger partial charge in [0.2, 0.25) is 23.7 Å². The first kappa shape index (κ1) is 28.4. The molecule has 3 aromatic rings. The van der Waals surface area contributed by atoms with Gasteiger partial charge in [-0.1, -0.05) is 0 Å². The van der Waals surface area contributed by atoms with Gasteiger partial charge >= 0.3 is 6.61 Å². The quantitative estimate of drug-likeness (QED) is 0.292. The average molecular weight is 615 g/mol. The number of carbonyl (C=O) groups excluding carboxylic acids is 2. The normalized spacial score (nSPS) is 22.8. The fourth-order valence-corrected chi connectivity index (χ4v) is 6.59. The van der Waals surface area contributed by atoms with Crippen LogP contribution in [0.1, 0.15) is 52.5 Å². The molecule has 3 aliphatic carbocycles. The van der Waals surface area contributed by atoms with Crippen LogP contribution in [0.25, 0.3) is 0 Å². The Balaban J connectivity index is 1.23. The van der Waals surface area contributed by atoms with E-state index in [1.54, 1.807) is 4.57 Å². The molecule has 2 fully saturated rings. The SMILES string of the molecule is Cn1nc(OC(F)F)cc1Nc1nncn1[C@H]1CCc2sc(NC(=O)C3CC(F)(F)C3)c(C(=O)NC[C@H]3C[C@H]3F)c2C1. The minimum absolute atomic E-state index is 0.151. The summed E-state index contributed by atoms with van der Waals surface area (Å²) in [6.07, 6.45) is 1.38. The number of aryl methyl sites for hydroxylation is 2. The van der Waals surface area contributed by atoms with Gasteiger partial charge in [-0.3, -0.25) is 14.2 Å². The van der Waals surface area contributed by atoms with Crippen LogP contribution in [0.3, 0.4) is 0 Å². The maximum atomic E-state index is 13.4. The number of nitrogens with zero attached hydrogens (tertiary/aromatic N) is 5. The number of fused-ring (bicyclic) bond motifs is 1. The van der Waals surface area contributed by atoms with E-state index in [0.717, 1.165) is 4.88 Å². The van der Waals surface area contributed by atoms with Crippen LogP contribution in [0.4, 0.5) is 38.7 Å². The zero-order valence-electron chi connectivity index (χ0n) is 22.3. The van der Waals surface area contributed by atoms with Gasteiger partial charge in [0.25, 0.3) is 5.91 Å². The van der Waals surface area contributed by atoms with Gasteiger partial charge < -0.3 is 20.7 Å². The molecule has 0 unspecified atom stereocenters. The van der Waals surface area contributed by atoms with E-state index in [1.165, 1.54) is 35.5 Å². The molecular formula is C25H27F5N8O3S. The number of anilines is 3. The van der Waals surface area contributed by atoms with Crippen LogP contribution in [0, 0.1) is 11.8 Å². The van der Waals surface area contributed by atoms with Gasteiger partial charge in [-0.2, -0.15) is 8.78 Å². The fraction of sp³-hybridized carbons (Fsp3) is 0.560. The molecule has 6 rings (SSSR count). The minimum Gasteiger partial charge on any atom is -0.415 e. The van der Waals surface area contributed by atoms with Crippen LogP contribution in [-0.4, -0.2) is 61.6 Å². The third-order valence-corrected chi connectivity index (χ3v) is 9.00. The summed E-state index contributed by atoms with van der Waals surface area (Å²) in [7, 11) is 1.54. The summed E-state index contributed by atoms with van der Waals surface area (Å²) < 4.78 is 72.9. The summed E-state index contributed by atoms with van der Waals surface area (Å²) in [4.78, 5) is 27.0. The molecule has 0 aromatic carbocycles. The van der Waals surface area contributed by atoms with Gasteiger partial charge in [-0.05, 0) is 31.2 Å². The number of alkyl halides is 5. The van der Waals surface area contributed by atoms with Gasteiger partial charge in [-0.25, -0.2) is 17.9 Å². The highest BCUT2D eigenvalue weighted by Crippen LogP contribution is 2.45. The summed E-state index contributed by atoms with van der Waals surface area (Å²) in [5, 5.41) is 20.7. The molecule has 226 valence electrons. The van der Waals surface area contributed by atoms with Crippen LogP contribution in [-0.2, 0) is 24.7 Å². The smallest absolute Gasteiger partial charge is 0.388 e. The standard InChI is InChI=1S/C25H27F5N8O3S/c1-37-17(6-18(36-37)41-23(27)28)33-24-35-32-10-38(24)13-2-3-16-14(5-13)19(21(40)31-9-11-4-15(11)26)22(42-16)34-20(39)12-7-25(29,30)8-12/h6,10-13,15,23H,2-5,7-9H2,1H3,(H,31,40)(H,33,35)(H,34,39)/t11-,13+,15-/m1/s1. The molecule has 0 saturated heterocycles. The molecule has 0 aliphatic heterocycles. The second kappa shape index (κ2) is 10.8. The van der Waals surface area contributed by atoms with Crippen molar-refractivity contribution in [3.63, 3.8) is 0 Å². The van der Waals surface area contributed by atoms with E-state index >= 15 is 0 Å². The van der Waals surface area contributed by atoms with E-state index in [9.17, 15) is 31.5 Å². The third kappa shape index (κ3) is 5.78. The van der Waals surface area contributed by atoms with Crippen LogP contribution in [0.2, 0.25) is 0 Å². The number of ether oxygens (including phenoxy) is 1. The molecule has 11 nitrogen and oxygen atoms in total. The number of amides is 2. The fourth-order valence-electron chi connectivity index (χ4n) is 5.35. The van der Waals surface area contributed by atoms with Gasteiger partial charge in [-0.15, -0.1) is 26.6 Å². The highest BCUT2D eigenvalue weighted by Gasteiger charge is 2.49. The number of thiophene rings is 1. The van der Waals surface area contributed by atoms with Crippen LogP contribution in [0.15, 0.2) is 12.4 Å². The molecule has 3 atom stereocenters. The van der Waals surface area contributed by atoms with E-state index in [4.69, 9.17) is 0 Å². The average Bonchev–Trinajstić information content (AvgIpc) is 3.21. The second-order valence-corrected chi connectivity index (χ2v) is 11.9. The topological polar surface area (TPSA) is 128 Å². The van der Waals surface area contributed by atoms with Crippen molar-refractivity contribution in [1.82, 2.24) is 29.9 Å². The Morgan fingerprint density at radius 3 is 2.74 bits per heavy atom. The Labute approximate surface area is 239 Å². The zero-order chi connectivity index (χ0) is 29.8. The first-order valence-corrected chi connectivity index (χ1v) is 14.2. The molecule has 3 N–H and O–H groups in total. The highest BCUT2D eigenvalue weighted by molar-refractivity contribution is 7.17. The summed E-state index contributed by atoms with van der Waals surface area (Å²) in [6, 6.07) is 1.06. The van der Waals surface area contributed by atoms with Crippen molar-refractivity contribution in [3.05, 3.63) is 28.4 Å². The molecular weight excluding hydrogens is 587 g/mol. The number of hydrogen-bond donors (Lipinski definition) is 3. The maximum Gasteiger partial charge on any atom is 0.388 e.